The van der Waals surface area contributed by atoms with Crippen LogP contribution in [-0.4, -0.2) is 33.6 Å². The van der Waals surface area contributed by atoms with Crippen molar-refractivity contribution in [2.24, 2.45) is 17.8 Å². The Labute approximate surface area is 165 Å². The number of carbonyl (C=O) groups is 1. The highest BCUT2D eigenvalue weighted by Crippen LogP contribution is 2.47. The van der Waals surface area contributed by atoms with E-state index in [1.807, 2.05) is 0 Å². The van der Waals surface area contributed by atoms with Gasteiger partial charge >= 0.3 is 5.97 Å². The number of ether oxygens (including phenoxy) is 1. The molecule has 6 nitrogen and oxygen atoms in total. The molecule has 0 unspecified atom stereocenters. The summed E-state index contributed by atoms with van der Waals surface area (Å²) in [6.45, 7) is 2.13. The number of hydrogen-bond acceptors (Lipinski definition) is 7. The largest absolute Gasteiger partial charge is 0.466 e. The molecule has 2 heterocycles. The summed E-state index contributed by atoms with van der Waals surface area (Å²) in [6.07, 6.45) is 5.61. The molecule has 3 fully saturated rings. The van der Waals surface area contributed by atoms with Gasteiger partial charge in [0.1, 0.15) is 10.7 Å². The fourth-order valence-electron chi connectivity index (χ4n) is 4.39. The number of carbonyl (C=O) groups excluding carboxylic acids is 1. The van der Waals surface area contributed by atoms with Gasteiger partial charge in [-0.2, -0.15) is 4.98 Å². The maximum atomic E-state index is 15.1. The van der Waals surface area contributed by atoms with Crippen molar-refractivity contribution in [2.75, 3.05) is 11.9 Å². The smallest absolute Gasteiger partial charge is 0.311 e. The standard InChI is InChI=1S/C18H20ClFN4O2S/c1-2-26-17(25)11-9-3-5-10(6-4-9)13(11)22-15-12(20)14(23-18(19)24-15)16-21-7-8-27-16/h7-11,13H,2-6H2,1H3,(H,22,23,24)/t9?,10?,11-,13-/m1/s1. The van der Waals surface area contributed by atoms with Crippen molar-refractivity contribution < 1.29 is 13.9 Å². The van der Waals surface area contributed by atoms with Crippen molar-refractivity contribution in [1.82, 2.24) is 15.0 Å². The molecule has 0 saturated heterocycles. The van der Waals surface area contributed by atoms with Crippen molar-refractivity contribution in [3.8, 4) is 10.7 Å². The van der Waals surface area contributed by atoms with Crippen molar-refractivity contribution in [2.45, 2.75) is 38.6 Å². The molecule has 2 aromatic rings. The van der Waals surface area contributed by atoms with Gasteiger partial charge in [-0.15, -0.1) is 11.3 Å². The van der Waals surface area contributed by atoms with E-state index >= 15 is 4.39 Å². The second kappa shape index (κ2) is 7.67. The van der Waals surface area contributed by atoms with Gasteiger partial charge in [0.15, 0.2) is 11.6 Å². The molecule has 144 valence electrons. The van der Waals surface area contributed by atoms with Gasteiger partial charge in [0, 0.05) is 17.6 Å². The lowest BCUT2D eigenvalue weighted by molar-refractivity contribution is -0.154. The topological polar surface area (TPSA) is 77.0 Å². The van der Waals surface area contributed by atoms with Crippen LogP contribution >= 0.6 is 22.9 Å². The molecule has 0 amide bonds. The summed E-state index contributed by atoms with van der Waals surface area (Å²) in [5.41, 5.74) is 0.0705. The highest BCUT2D eigenvalue weighted by molar-refractivity contribution is 7.13. The molecule has 3 saturated carbocycles. The van der Waals surface area contributed by atoms with Crippen LogP contribution in [0.2, 0.25) is 5.28 Å². The normalized spacial score (nSPS) is 26.8. The molecule has 3 aliphatic carbocycles. The molecule has 1 N–H and O–H groups in total. The molecule has 0 aromatic carbocycles. The van der Waals surface area contributed by atoms with Crippen molar-refractivity contribution in [3.63, 3.8) is 0 Å². The minimum atomic E-state index is -0.599. The number of aromatic nitrogens is 3. The fourth-order valence-corrected chi connectivity index (χ4v) is 5.18. The van der Waals surface area contributed by atoms with Gasteiger partial charge < -0.3 is 10.1 Å². The molecule has 0 spiro atoms. The van der Waals surface area contributed by atoms with Gasteiger partial charge in [0.25, 0.3) is 0 Å². The molecule has 2 bridgehead atoms. The van der Waals surface area contributed by atoms with Crippen LogP contribution in [0.1, 0.15) is 32.6 Å². The maximum Gasteiger partial charge on any atom is 0.311 e. The number of esters is 1. The van der Waals surface area contributed by atoms with Gasteiger partial charge in [0.05, 0.1) is 12.5 Å². The number of anilines is 1. The lowest BCUT2D eigenvalue weighted by atomic mass is 9.61. The molecular weight excluding hydrogens is 391 g/mol. The zero-order chi connectivity index (χ0) is 19.0. The third-order valence-electron chi connectivity index (χ3n) is 5.54. The predicted octanol–water partition coefficient (Wildman–Crippen LogP) is 4.17. The molecular formula is C18H20ClFN4O2S. The zero-order valence-electron chi connectivity index (χ0n) is 14.8. The van der Waals surface area contributed by atoms with Crippen LogP contribution in [0.15, 0.2) is 11.6 Å². The first-order chi connectivity index (χ1) is 13.1. The number of halogens is 2. The summed E-state index contributed by atoms with van der Waals surface area (Å²) in [7, 11) is 0. The average Bonchev–Trinajstić information content (AvgIpc) is 3.20. The van der Waals surface area contributed by atoms with E-state index in [2.05, 4.69) is 20.3 Å². The fraction of sp³-hybridized carbons (Fsp3) is 0.556. The molecule has 0 radical (unpaired) electrons. The Balaban J connectivity index is 1.67. The second-order valence-corrected chi connectivity index (χ2v) is 8.20. The summed E-state index contributed by atoms with van der Waals surface area (Å²) in [4.78, 5) is 24.7. The van der Waals surface area contributed by atoms with E-state index < -0.39 is 5.82 Å². The van der Waals surface area contributed by atoms with E-state index in [9.17, 15) is 4.79 Å². The summed E-state index contributed by atoms with van der Waals surface area (Å²) in [6, 6.07) is -0.221. The van der Waals surface area contributed by atoms with E-state index in [4.69, 9.17) is 16.3 Å². The van der Waals surface area contributed by atoms with Crippen LogP contribution in [0, 0.1) is 23.6 Å². The molecule has 2 aromatic heterocycles. The van der Waals surface area contributed by atoms with Crippen LogP contribution in [0.25, 0.3) is 10.7 Å². The Morgan fingerprint density at radius 3 is 2.74 bits per heavy atom. The van der Waals surface area contributed by atoms with E-state index in [1.165, 1.54) is 11.3 Å². The van der Waals surface area contributed by atoms with Gasteiger partial charge in [-0.1, -0.05) is 0 Å². The summed E-state index contributed by atoms with van der Waals surface area (Å²) in [5, 5.41) is 5.30. The molecule has 0 aliphatic heterocycles. The Kier molecular flexibility index (Phi) is 5.27. The lowest BCUT2D eigenvalue weighted by Crippen LogP contribution is -2.52. The molecule has 27 heavy (non-hydrogen) atoms. The average molecular weight is 411 g/mol. The van der Waals surface area contributed by atoms with Crippen molar-refractivity contribution in [1.29, 1.82) is 0 Å². The summed E-state index contributed by atoms with van der Waals surface area (Å²) < 4.78 is 20.4. The SMILES string of the molecule is CCOC(=O)[C@@H]1C2CCC(CC2)[C@H]1Nc1nc(Cl)nc(-c2nccs2)c1F. The van der Waals surface area contributed by atoms with E-state index in [0.29, 0.717) is 11.6 Å². The number of fused-ring (bicyclic) bond motifs is 3. The van der Waals surface area contributed by atoms with Crippen LogP contribution < -0.4 is 5.32 Å². The minimum Gasteiger partial charge on any atom is -0.466 e. The Morgan fingerprint density at radius 2 is 2.07 bits per heavy atom. The van der Waals surface area contributed by atoms with Crippen LogP contribution in [-0.2, 0) is 9.53 Å². The minimum absolute atomic E-state index is 0.0204. The first-order valence-electron chi connectivity index (χ1n) is 9.14. The van der Waals surface area contributed by atoms with Crippen molar-refractivity contribution in [3.05, 3.63) is 22.7 Å². The monoisotopic (exact) mass is 410 g/mol. The first kappa shape index (κ1) is 18.6. The molecule has 9 heteroatoms. The highest BCUT2D eigenvalue weighted by atomic mass is 35.5. The second-order valence-electron chi connectivity index (χ2n) is 6.96. The highest BCUT2D eigenvalue weighted by Gasteiger charge is 2.48. The number of rotatable bonds is 5. The summed E-state index contributed by atoms with van der Waals surface area (Å²) in [5.74, 6) is -0.560. The Morgan fingerprint density at radius 1 is 1.33 bits per heavy atom. The number of hydrogen-bond donors (Lipinski definition) is 1. The van der Waals surface area contributed by atoms with E-state index in [-0.39, 0.29) is 46.6 Å². The maximum absolute atomic E-state index is 15.1. The van der Waals surface area contributed by atoms with Crippen LogP contribution in [0.4, 0.5) is 10.2 Å². The Hall–Kier alpha value is -1.80. The predicted molar refractivity (Wildman–Crippen MR) is 101 cm³/mol. The van der Waals surface area contributed by atoms with Gasteiger partial charge in [-0.25, -0.2) is 14.4 Å². The van der Waals surface area contributed by atoms with Crippen LogP contribution in [0.5, 0.6) is 0 Å². The third kappa shape index (κ3) is 3.52. The molecule has 5 rings (SSSR count). The number of thiazole rings is 1. The van der Waals surface area contributed by atoms with Crippen molar-refractivity contribution >= 4 is 34.7 Å². The third-order valence-corrected chi connectivity index (χ3v) is 6.49. The zero-order valence-corrected chi connectivity index (χ0v) is 16.4. The van der Waals surface area contributed by atoms with Gasteiger partial charge in [-0.05, 0) is 56.0 Å². The van der Waals surface area contributed by atoms with Gasteiger partial charge in [0.2, 0.25) is 5.28 Å². The van der Waals surface area contributed by atoms with E-state index in [0.717, 1.165) is 25.7 Å². The first-order valence-corrected chi connectivity index (χ1v) is 10.4. The quantitative estimate of drug-likeness (QED) is 0.588. The Bertz CT molecular complexity index is 827. The number of nitrogens with one attached hydrogen (secondary N) is 1. The van der Waals surface area contributed by atoms with E-state index in [1.54, 1.807) is 18.5 Å². The van der Waals surface area contributed by atoms with Gasteiger partial charge in [-0.3, -0.25) is 4.79 Å². The number of nitrogens with zero attached hydrogens (tertiary/aromatic N) is 3. The molecule has 3 aliphatic rings. The lowest BCUT2D eigenvalue weighted by Gasteiger charge is -2.47. The summed E-state index contributed by atoms with van der Waals surface area (Å²) >= 11 is 7.32. The molecule has 2 atom stereocenters. The van der Waals surface area contributed by atoms with Crippen LogP contribution in [0.3, 0.4) is 0 Å².